The van der Waals surface area contributed by atoms with Gasteiger partial charge in [0.25, 0.3) is 6.71 Å². The summed E-state index contributed by atoms with van der Waals surface area (Å²) in [5.41, 5.74) is 29.0. The molecule has 5 aliphatic rings. The van der Waals surface area contributed by atoms with E-state index < -0.39 is 0 Å². The summed E-state index contributed by atoms with van der Waals surface area (Å²) < 4.78 is 7.74. The first-order valence-electron chi connectivity index (χ1n) is 38.2. The van der Waals surface area contributed by atoms with Gasteiger partial charge in [-0.1, -0.05) is 241 Å². The average Bonchev–Trinajstić information content (AvgIpc) is 0.775. The quantitative estimate of drug-likeness (QED) is 0.106. The number of rotatable bonds is 9. The minimum atomic E-state index is -0.179. The van der Waals surface area contributed by atoms with Gasteiger partial charge in [0.2, 0.25) is 0 Å². The predicted molar refractivity (Wildman–Crippen MR) is 447 cm³/mol. The van der Waals surface area contributed by atoms with Gasteiger partial charge in [0.15, 0.2) is 0 Å². The molecule has 0 saturated heterocycles. The highest BCUT2D eigenvalue weighted by Gasteiger charge is 2.50. The van der Waals surface area contributed by atoms with Crippen LogP contribution < -0.4 is 26.2 Å². The molecule has 104 heavy (non-hydrogen) atoms. The maximum atomic E-state index is 3.03. The number of para-hydroxylation sites is 4. The molecule has 0 radical (unpaired) electrons. The van der Waals surface area contributed by atoms with Crippen molar-refractivity contribution in [2.24, 2.45) is 23.2 Å². The first-order valence-corrected chi connectivity index (χ1v) is 39.0. The number of benzene rings is 12. The van der Waals surface area contributed by atoms with Gasteiger partial charge in [-0.15, -0.1) is 11.3 Å². The summed E-state index contributed by atoms with van der Waals surface area (Å²) in [6.45, 7) is 14.5. The van der Waals surface area contributed by atoms with Crippen LogP contribution in [0.25, 0.3) is 109 Å². The Hall–Kier alpha value is -10.7. The Morgan fingerprint density at radius 1 is 0.442 bits per heavy atom. The van der Waals surface area contributed by atoms with E-state index in [-0.39, 0.29) is 29.5 Å². The highest BCUT2D eigenvalue weighted by molar-refractivity contribution is 7.25. The second-order valence-electron chi connectivity index (χ2n) is 32.4. The third-order valence-electron chi connectivity index (χ3n) is 24.4. The number of anilines is 5. The van der Waals surface area contributed by atoms with Crippen LogP contribution in [-0.4, -0.2) is 21.9 Å². The number of allylic oxidation sites excluding steroid dienone is 4. The van der Waals surface area contributed by atoms with Gasteiger partial charge >= 0.3 is 0 Å². The van der Waals surface area contributed by atoms with Crippen LogP contribution in [0.3, 0.4) is 0 Å². The first kappa shape index (κ1) is 63.1. The summed E-state index contributed by atoms with van der Waals surface area (Å²) >= 11 is 1.90. The molecule has 3 aromatic heterocycles. The normalized spacial score (nSPS) is 18.2. The van der Waals surface area contributed by atoms with E-state index in [1.54, 1.807) is 11.1 Å². The van der Waals surface area contributed by atoms with E-state index in [2.05, 4.69) is 346 Å². The lowest BCUT2D eigenvalue weighted by Crippen LogP contribution is -2.64. The summed E-state index contributed by atoms with van der Waals surface area (Å²) in [6, 6.07) is 101. The molecule has 0 bridgehead atoms. The Kier molecular flexibility index (Phi) is 14.9. The summed E-state index contributed by atoms with van der Waals surface area (Å²) in [4.78, 5) is 5.83. The lowest BCUT2D eigenvalue weighted by atomic mass is 9.33. The van der Waals surface area contributed by atoms with Gasteiger partial charge in [0.1, 0.15) is 0 Å². The molecular weight excluding hydrogens is 1280 g/mol. The van der Waals surface area contributed by atoms with Crippen molar-refractivity contribution in [1.29, 1.82) is 0 Å². The second kappa shape index (κ2) is 24.5. The van der Waals surface area contributed by atoms with Crippen molar-refractivity contribution in [2.75, 3.05) is 9.80 Å². The minimum Gasteiger partial charge on any atom is -0.334 e. The fourth-order valence-electron chi connectivity index (χ4n) is 19.3. The van der Waals surface area contributed by atoms with Gasteiger partial charge in [0.05, 0.1) is 33.8 Å². The molecule has 0 amide bonds. The summed E-state index contributed by atoms with van der Waals surface area (Å²) in [7, 11) is 0. The van der Waals surface area contributed by atoms with Crippen molar-refractivity contribution in [3.63, 3.8) is 0 Å². The monoisotopic (exact) mass is 1360 g/mol. The zero-order valence-electron chi connectivity index (χ0n) is 60.4. The van der Waals surface area contributed by atoms with E-state index >= 15 is 0 Å². The molecule has 506 valence electrons. The molecule has 0 fully saturated rings. The topological polar surface area (TPSA) is 16.3 Å². The number of hydrogen-bond acceptors (Lipinski definition) is 3. The van der Waals surface area contributed by atoms with Gasteiger partial charge in [-0.25, -0.2) is 0 Å². The lowest BCUT2D eigenvalue weighted by Gasteiger charge is -2.53. The molecule has 15 aromatic rings. The molecule has 0 N–H and O–H groups in total. The molecule has 12 aromatic carbocycles. The Morgan fingerprint density at radius 3 is 1.56 bits per heavy atom. The van der Waals surface area contributed by atoms with E-state index in [4.69, 9.17) is 0 Å². The molecular formula is C98H85BN4S. The van der Waals surface area contributed by atoms with Gasteiger partial charge in [-0.05, 0) is 215 Å². The maximum absolute atomic E-state index is 3.03. The van der Waals surface area contributed by atoms with Crippen molar-refractivity contribution in [3.05, 3.63) is 302 Å². The predicted octanol–water partition coefficient (Wildman–Crippen LogP) is 25.1. The fraction of sp³-hybridized carbons (Fsp3) is 0.204. The van der Waals surface area contributed by atoms with Crippen molar-refractivity contribution < 1.29 is 0 Å². The van der Waals surface area contributed by atoms with Gasteiger partial charge < -0.3 is 18.9 Å². The molecule has 3 aliphatic carbocycles. The van der Waals surface area contributed by atoms with Crippen molar-refractivity contribution >= 4 is 127 Å². The van der Waals surface area contributed by atoms with Crippen LogP contribution in [0, 0.1) is 23.2 Å². The highest BCUT2D eigenvalue weighted by Crippen LogP contribution is 2.56. The number of nitrogens with zero attached hydrogens (tertiary/aromatic N) is 4. The molecule has 5 heterocycles. The standard InChI is InChI=1S/C98H85BN4S/c1-97(2,3)68-56-77(62-29-11-7-12-30-62)95(78(57-68)63-31-13-8-14-32-63)102-88-60-70(100-84-42-24-19-37-72(84)73-38-20-25-43-85(73)100)48-50-82(88)99-83-51-49-71(101-86-44-26-21-39-74(86)75-40-22-27-45-87(75)101)61-89(83)103(91-55-67(54-90(102)94(91)99)66-47-52-93-81(53-66)76-41-23-28-46-92(76)104-93)96-79(64-33-15-9-16-34-64)58-69(98(4,5)6)59-80(96)65-35-17-10-18-36-65/h7-9,11-15,19-32,35,37-58,60-61,64,69,80,96H,10,16-18,33-34,36,59H2,1-6H3. The van der Waals surface area contributed by atoms with E-state index in [0.717, 1.165) is 44.2 Å². The minimum absolute atomic E-state index is 0.0172. The summed E-state index contributed by atoms with van der Waals surface area (Å²) in [5.74, 6) is 1.05. The molecule has 0 spiro atoms. The smallest absolute Gasteiger partial charge is 0.252 e. The zero-order valence-corrected chi connectivity index (χ0v) is 61.2. The molecule has 2 aliphatic heterocycles. The summed E-state index contributed by atoms with van der Waals surface area (Å²) in [6.07, 6.45) is 19.7. The Morgan fingerprint density at radius 2 is 0.990 bits per heavy atom. The van der Waals surface area contributed by atoms with E-state index in [1.165, 1.54) is 166 Å². The summed E-state index contributed by atoms with van der Waals surface area (Å²) in [5, 5.41) is 7.66. The molecule has 20 rings (SSSR count). The SMILES string of the molecule is CC(C)(C)c1cc(-c2ccccc2)c(N2c3cc(-n4c5ccccc5c5ccccc54)ccc3B3c4ccc(-n5c6ccccc6c6ccccc65)cc4N(C4C(C5CC=CCC5)=CC(C(C)(C)C)CC4C4=CCCCC4)c4cc(-c5ccc6sc7ccccc7c6c5)cc2c43)c(-c2ccccc2)c1. The maximum Gasteiger partial charge on any atom is 0.252 e. The Balaban J connectivity index is 0.970. The Bertz CT molecular complexity index is 5910. The lowest BCUT2D eigenvalue weighted by molar-refractivity contribution is 0.220. The molecule has 4 nitrogen and oxygen atoms in total. The van der Waals surface area contributed by atoms with Crippen molar-refractivity contribution in [1.82, 2.24) is 9.13 Å². The molecule has 6 heteroatoms. The van der Waals surface area contributed by atoms with Crippen LogP contribution in [-0.2, 0) is 5.41 Å². The van der Waals surface area contributed by atoms with Crippen molar-refractivity contribution in [3.8, 4) is 44.8 Å². The van der Waals surface area contributed by atoms with Crippen LogP contribution in [0.4, 0.5) is 28.4 Å². The fourth-order valence-corrected chi connectivity index (χ4v) is 20.4. The van der Waals surface area contributed by atoms with E-state index in [1.807, 2.05) is 11.3 Å². The molecule has 4 unspecified atom stereocenters. The van der Waals surface area contributed by atoms with Gasteiger partial charge in [-0.3, -0.25) is 0 Å². The van der Waals surface area contributed by atoms with Crippen LogP contribution in [0.5, 0.6) is 0 Å². The number of hydrogen-bond donors (Lipinski definition) is 0. The number of aromatic nitrogens is 2. The number of thiophene rings is 1. The van der Waals surface area contributed by atoms with Crippen molar-refractivity contribution in [2.45, 2.75) is 104 Å². The van der Waals surface area contributed by atoms with Crippen LogP contribution >= 0.6 is 11.3 Å². The molecule has 4 atom stereocenters. The first-order chi connectivity index (χ1) is 50.9. The van der Waals surface area contributed by atoms with Gasteiger partial charge in [0, 0.05) is 92.9 Å². The van der Waals surface area contributed by atoms with Crippen LogP contribution in [0.1, 0.15) is 98.5 Å². The second-order valence-corrected chi connectivity index (χ2v) is 33.5. The molecule has 0 saturated carbocycles. The zero-order chi connectivity index (χ0) is 69.7. The average molecular weight is 1360 g/mol. The van der Waals surface area contributed by atoms with E-state index in [9.17, 15) is 0 Å². The Labute approximate surface area is 615 Å². The van der Waals surface area contributed by atoms with Crippen LogP contribution in [0.2, 0.25) is 0 Å². The third kappa shape index (κ3) is 10.1. The third-order valence-corrected chi connectivity index (χ3v) is 25.5. The van der Waals surface area contributed by atoms with Crippen LogP contribution in [0.15, 0.2) is 296 Å². The largest absolute Gasteiger partial charge is 0.334 e. The number of fused-ring (bicyclic) bond motifs is 13. The van der Waals surface area contributed by atoms with Gasteiger partial charge in [-0.2, -0.15) is 0 Å². The van der Waals surface area contributed by atoms with E-state index in [0.29, 0.717) is 11.8 Å². The highest BCUT2D eigenvalue weighted by atomic mass is 32.1.